The molecule has 0 spiro atoms. The van der Waals surface area contributed by atoms with Gasteiger partial charge in [-0.3, -0.25) is 14.9 Å². The maximum Gasteiger partial charge on any atom is 0.335 e. The van der Waals surface area contributed by atoms with Crippen molar-refractivity contribution >= 4 is 23.3 Å². The minimum atomic E-state index is -1.08. The molecule has 0 aliphatic heterocycles. The van der Waals surface area contributed by atoms with Gasteiger partial charge in [0.25, 0.3) is 11.6 Å². The highest BCUT2D eigenvalue weighted by Gasteiger charge is 2.32. The number of ether oxygens (including phenoxy) is 2. The number of carboxylic acids is 1. The van der Waals surface area contributed by atoms with Gasteiger partial charge in [0.15, 0.2) is 11.4 Å². The van der Waals surface area contributed by atoms with Crippen LogP contribution in [0.2, 0.25) is 0 Å². The van der Waals surface area contributed by atoms with E-state index in [1.54, 1.807) is 0 Å². The summed E-state index contributed by atoms with van der Waals surface area (Å²) in [6.45, 7) is 6.25. The minimum absolute atomic E-state index is 0.0382. The zero-order valence-corrected chi connectivity index (χ0v) is 19.5. The molecule has 2 aromatic rings. The lowest BCUT2D eigenvalue weighted by Gasteiger charge is -2.37. The molecule has 1 saturated carbocycles. The molecule has 0 saturated heterocycles. The Hall–Kier alpha value is -3.46. The maximum absolute atomic E-state index is 12.7. The molecule has 0 heterocycles. The first-order valence-electron chi connectivity index (χ1n) is 11.4. The van der Waals surface area contributed by atoms with Crippen LogP contribution in [-0.2, 0) is 9.53 Å². The van der Waals surface area contributed by atoms with Crippen molar-refractivity contribution in [3.8, 4) is 11.5 Å². The number of anilines is 1. The summed E-state index contributed by atoms with van der Waals surface area (Å²) in [5, 5.41) is 23.2. The Morgan fingerprint density at radius 3 is 2.50 bits per heavy atom. The predicted octanol–water partition coefficient (Wildman–Crippen LogP) is 5.50. The molecule has 0 aromatic heterocycles. The average Bonchev–Trinajstić information content (AvgIpc) is 2.78. The fraction of sp³-hybridized carbons (Fsp3) is 0.440. The van der Waals surface area contributed by atoms with Gasteiger partial charge in [-0.05, 0) is 60.9 Å². The number of nitrogens with zero attached hydrogens (tertiary/aromatic N) is 1. The number of para-hydroxylation sites is 1. The van der Waals surface area contributed by atoms with Crippen LogP contribution in [0.5, 0.6) is 11.5 Å². The van der Waals surface area contributed by atoms with E-state index in [4.69, 9.17) is 14.6 Å². The molecule has 34 heavy (non-hydrogen) atoms. The topological polar surface area (TPSA) is 128 Å². The largest absolute Gasteiger partial charge is 0.478 e. The van der Waals surface area contributed by atoms with E-state index in [9.17, 15) is 19.7 Å². The van der Waals surface area contributed by atoms with E-state index in [-0.39, 0.29) is 41.1 Å². The summed E-state index contributed by atoms with van der Waals surface area (Å²) in [5.41, 5.74) is -0.325. The van der Waals surface area contributed by atoms with Gasteiger partial charge in [-0.15, -0.1) is 0 Å². The molecule has 3 atom stereocenters. The van der Waals surface area contributed by atoms with Gasteiger partial charge in [-0.1, -0.05) is 33.3 Å². The van der Waals surface area contributed by atoms with E-state index >= 15 is 0 Å². The molecular weight excluding hydrogens is 440 g/mol. The van der Waals surface area contributed by atoms with E-state index in [0.29, 0.717) is 17.8 Å². The first kappa shape index (κ1) is 25.2. The Kier molecular flexibility index (Phi) is 8.22. The lowest BCUT2D eigenvalue weighted by Crippen LogP contribution is -2.36. The molecule has 1 aliphatic carbocycles. The lowest BCUT2D eigenvalue weighted by atomic mass is 9.75. The van der Waals surface area contributed by atoms with Gasteiger partial charge in [-0.25, -0.2) is 4.79 Å². The van der Waals surface area contributed by atoms with Crippen molar-refractivity contribution in [3.63, 3.8) is 0 Å². The summed E-state index contributed by atoms with van der Waals surface area (Å²) in [6, 6.07) is 9.80. The van der Waals surface area contributed by atoms with Gasteiger partial charge in [0.1, 0.15) is 12.4 Å². The molecule has 9 nitrogen and oxygen atoms in total. The van der Waals surface area contributed by atoms with E-state index < -0.39 is 16.8 Å². The number of hydrogen-bond donors (Lipinski definition) is 2. The van der Waals surface area contributed by atoms with Gasteiger partial charge in [-0.2, -0.15) is 0 Å². The van der Waals surface area contributed by atoms with Gasteiger partial charge in [0, 0.05) is 6.07 Å². The molecule has 9 heteroatoms. The molecule has 1 amide bonds. The van der Waals surface area contributed by atoms with Crippen LogP contribution in [-0.4, -0.2) is 34.6 Å². The summed E-state index contributed by atoms with van der Waals surface area (Å²) in [4.78, 5) is 34.8. The van der Waals surface area contributed by atoms with Gasteiger partial charge < -0.3 is 19.9 Å². The molecule has 0 unspecified atom stereocenters. The Morgan fingerprint density at radius 1 is 1.18 bits per heavy atom. The third-order valence-electron chi connectivity index (χ3n) is 6.18. The molecular formula is C25H30N2O7. The van der Waals surface area contributed by atoms with Crippen molar-refractivity contribution in [2.45, 2.75) is 46.1 Å². The highest BCUT2D eigenvalue weighted by atomic mass is 16.6. The SMILES string of the molecule is CC(C)[C@@H]1CC[C@@H](C)C[C@H]1OCC(=O)Nc1c(Oc2ccc(C(=O)O)cc2)cccc1[N+](=O)[O-]. The number of rotatable bonds is 9. The van der Waals surface area contributed by atoms with E-state index in [1.165, 1.54) is 42.5 Å². The number of carboxylic acid groups (broad SMARTS) is 1. The third kappa shape index (κ3) is 6.32. The Bertz CT molecular complexity index is 1040. The summed E-state index contributed by atoms with van der Waals surface area (Å²) in [5.74, 6) is 0.0602. The van der Waals surface area contributed by atoms with Crippen LogP contribution < -0.4 is 10.1 Å². The zero-order valence-electron chi connectivity index (χ0n) is 19.5. The summed E-state index contributed by atoms with van der Waals surface area (Å²) in [6.07, 6.45) is 3.03. The number of carbonyl (C=O) groups is 2. The molecule has 2 N–H and O–H groups in total. The zero-order chi connectivity index (χ0) is 24.8. The van der Waals surface area contributed by atoms with Crippen molar-refractivity contribution in [1.29, 1.82) is 0 Å². The fourth-order valence-corrected chi connectivity index (χ4v) is 4.34. The summed E-state index contributed by atoms with van der Waals surface area (Å²) < 4.78 is 11.7. The van der Waals surface area contributed by atoms with Crippen LogP contribution in [0.4, 0.5) is 11.4 Å². The number of benzene rings is 2. The number of nitro benzene ring substituents is 1. The quantitative estimate of drug-likeness (QED) is 0.366. The van der Waals surface area contributed by atoms with E-state index in [1.807, 2.05) is 0 Å². The fourth-order valence-electron chi connectivity index (χ4n) is 4.34. The number of aromatic carboxylic acids is 1. The molecule has 3 rings (SSSR count). The first-order chi connectivity index (χ1) is 16.2. The van der Waals surface area contributed by atoms with Crippen LogP contribution in [0.15, 0.2) is 42.5 Å². The number of nitrogens with one attached hydrogen (secondary N) is 1. The van der Waals surface area contributed by atoms with Crippen LogP contribution in [0.1, 0.15) is 50.4 Å². The van der Waals surface area contributed by atoms with Crippen molar-refractivity contribution in [3.05, 3.63) is 58.1 Å². The second kappa shape index (κ2) is 11.1. The lowest BCUT2D eigenvalue weighted by molar-refractivity contribution is -0.384. The number of carbonyl (C=O) groups excluding carboxylic acids is 1. The Balaban J connectivity index is 1.75. The van der Waals surface area contributed by atoms with Crippen molar-refractivity contribution in [1.82, 2.24) is 0 Å². The Labute approximate surface area is 198 Å². The molecule has 2 aromatic carbocycles. The smallest absolute Gasteiger partial charge is 0.335 e. The highest BCUT2D eigenvalue weighted by molar-refractivity contribution is 5.96. The van der Waals surface area contributed by atoms with Crippen LogP contribution in [0.25, 0.3) is 0 Å². The van der Waals surface area contributed by atoms with Gasteiger partial charge in [0.05, 0.1) is 16.6 Å². The van der Waals surface area contributed by atoms with E-state index in [0.717, 1.165) is 19.3 Å². The molecule has 0 bridgehead atoms. The second-order valence-corrected chi connectivity index (χ2v) is 9.06. The number of amides is 1. The van der Waals surface area contributed by atoms with Gasteiger partial charge in [0.2, 0.25) is 0 Å². The maximum atomic E-state index is 12.7. The van der Waals surface area contributed by atoms with Crippen LogP contribution in [0.3, 0.4) is 0 Å². The molecule has 182 valence electrons. The third-order valence-corrected chi connectivity index (χ3v) is 6.18. The summed E-state index contributed by atoms with van der Waals surface area (Å²) in [7, 11) is 0. The molecule has 0 radical (unpaired) electrons. The summed E-state index contributed by atoms with van der Waals surface area (Å²) >= 11 is 0. The first-order valence-corrected chi connectivity index (χ1v) is 11.4. The standard InChI is InChI=1S/C25H30N2O7/c1-15(2)19-12-7-16(3)13-22(19)33-14-23(28)26-24-20(27(31)32)5-4-6-21(24)34-18-10-8-17(9-11-18)25(29)30/h4-6,8-11,15-16,19,22H,7,12-14H2,1-3H3,(H,26,28)(H,29,30)/t16-,19+,22-/m1/s1. The van der Waals surface area contributed by atoms with Crippen molar-refractivity contribution in [2.24, 2.45) is 17.8 Å². The highest BCUT2D eigenvalue weighted by Crippen LogP contribution is 2.38. The number of hydrogen-bond acceptors (Lipinski definition) is 6. The predicted molar refractivity (Wildman–Crippen MR) is 126 cm³/mol. The monoisotopic (exact) mass is 470 g/mol. The average molecular weight is 471 g/mol. The Morgan fingerprint density at radius 2 is 1.88 bits per heavy atom. The molecule has 1 fully saturated rings. The minimum Gasteiger partial charge on any atom is -0.478 e. The normalized spacial score (nSPS) is 20.1. The van der Waals surface area contributed by atoms with Crippen LogP contribution >= 0.6 is 0 Å². The second-order valence-electron chi connectivity index (χ2n) is 9.06. The van der Waals surface area contributed by atoms with Crippen molar-refractivity contribution < 1.29 is 29.1 Å². The van der Waals surface area contributed by atoms with Crippen LogP contribution in [0, 0.1) is 27.9 Å². The van der Waals surface area contributed by atoms with Crippen molar-refractivity contribution in [2.75, 3.05) is 11.9 Å². The number of nitro groups is 1. The van der Waals surface area contributed by atoms with E-state index in [2.05, 4.69) is 26.1 Å². The van der Waals surface area contributed by atoms with Gasteiger partial charge >= 0.3 is 5.97 Å². The molecule has 1 aliphatic rings.